The van der Waals surface area contributed by atoms with Gasteiger partial charge in [0.05, 0.1) is 6.67 Å². The Balaban J connectivity index is 1.68. The van der Waals surface area contributed by atoms with Gasteiger partial charge < -0.3 is 10.4 Å². The van der Waals surface area contributed by atoms with Crippen LogP contribution >= 0.6 is 12.2 Å². The molecule has 1 amide bonds. The first-order chi connectivity index (χ1) is 11.6. The number of benzene rings is 1. The van der Waals surface area contributed by atoms with Crippen LogP contribution in [-0.4, -0.2) is 52.3 Å². The number of amides is 1. The Morgan fingerprint density at radius 2 is 2.12 bits per heavy atom. The Bertz CT molecular complexity index is 657. The summed E-state index contributed by atoms with van der Waals surface area (Å²) in [6.45, 7) is 4.45. The Hall–Kier alpha value is -1.76. The number of rotatable bonds is 4. The molecule has 1 aromatic rings. The van der Waals surface area contributed by atoms with E-state index in [1.54, 1.807) is 4.90 Å². The molecule has 1 atom stereocenters. The number of aliphatic hydroxyl groups is 1. The van der Waals surface area contributed by atoms with E-state index in [0.29, 0.717) is 23.4 Å². The number of carbonyl (C=O) groups is 1. The predicted octanol–water partition coefficient (Wildman–Crippen LogP) is 1.71. The van der Waals surface area contributed by atoms with Crippen molar-refractivity contribution in [1.29, 1.82) is 0 Å². The molecule has 2 N–H and O–H groups in total. The monoisotopic (exact) mass is 345 g/mol. The van der Waals surface area contributed by atoms with Gasteiger partial charge in [-0.3, -0.25) is 14.6 Å². The maximum absolute atomic E-state index is 12.6. The van der Waals surface area contributed by atoms with Crippen molar-refractivity contribution in [3.05, 3.63) is 41.1 Å². The summed E-state index contributed by atoms with van der Waals surface area (Å²) in [6.07, 6.45) is 3.92. The first kappa shape index (κ1) is 17.1. The molecular formula is C18H23N3O2S. The van der Waals surface area contributed by atoms with E-state index in [0.717, 1.165) is 31.5 Å². The van der Waals surface area contributed by atoms with Gasteiger partial charge in [0, 0.05) is 13.2 Å². The van der Waals surface area contributed by atoms with Crippen LogP contribution in [0.3, 0.4) is 0 Å². The molecule has 3 rings (SSSR count). The standard InChI is InChI=1S/C18H23N3O2S/c1-13-4-6-14(7-5-13)9-16-17(23)21(18(24)19-16)12-20-8-2-3-15(10-20)11-22/h4-7,9,15,22H,2-3,8,10-12H2,1H3,(H,19,24)/b16-9-. The molecule has 2 fully saturated rings. The molecule has 1 unspecified atom stereocenters. The van der Waals surface area contributed by atoms with Crippen LogP contribution in [0.5, 0.6) is 0 Å². The topological polar surface area (TPSA) is 55.8 Å². The smallest absolute Gasteiger partial charge is 0.277 e. The Morgan fingerprint density at radius 3 is 2.83 bits per heavy atom. The fourth-order valence-corrected chi connectivity index (χ4v) is 3.41. The van der Waals surface area contributed by atoms with Gasteiger partial charge in [0.1, 0.15) is 5.70 Å². The summed E-state index contributed by atoms with van der Waals surface area (Å²) in [5, 5.41) is 12.8. The van der Waals surface area contributed by atoms with Crippen molar-refractivity contribution in [2.24, 2.45) is 5.92 Å². The molecule has 0 aliphatic carbocycles. The van der Waals surface area contributed by atoms with Crippen LogP contribution in [0.2, 0.25) is 0 Å². The predicted molar refractivity (Wildman–Crippen MR) is 98.0 cm³/mol. The molecule has 2 saturated heterocycles. The second-order valence-corrected chi connectivity index (χ2v) is 6.93. The van der Waals surface area contributed by atoms with E-state index in [1.807, 2.05) is 37.3 Å². The number of thiocarbonyl (C=S) groups is 1. The van der Waals surface area contributed by atoms with Crippen molar-refractivity contribution in [2.45, 2.75) is 19.8 Å². The molecule has 2 heterocycles. The number of nitrogens with zero attached hydrogens (tertiary/aromatic N) is 2. The van der Waals surface area contributed by atoms with Crippen LogP contribution < -0.4 is 5.32 Å². The minimum Gasteiger partial charge on any atom is -0.396 e. The van der Waals surface area contributed by atoms with Crippen LogP contribution in [0.4, 0.5) is 0 Å². The highest BCUT2D eigenvalue weighted by molar-refractivity contribution is 7.80. The highest BCUT2D eigenvalue weighted by Gasteiger charge is 2.32. The van der Waals surface area contributed by atoms with E-state index in [2.05, 4.69) is 10.2 Å². The van der Waals surface area contributed by atoms with Crippen molar-refractivity contribution in [2.75, 3.05) is 26.4 Å². The third-order valence-electron chi connectivity index (χ3n) is 4.55. The lowest BCUT2D eigenvalue weighted by Crippen LogP contribution is -2.46. The summed E-state index contributed by atoms with van der Waals surface area (Å²) in [5.74, 6) is 0.201. The number of hydrogen-bond acceptors (Lipinski definition) is 4. The zero-order valence-corrected chi connectivity index (χ0v) is 14.7. The van der Waals surface area contributed by atoms with Gasteiger partial charge in [-0.2, -0.15) is 0 Å². The van der Waals surface area contributed by atoms with Crippen molar-refractivity contribution in [3.63, 3.8) is 0 Å². The van der Waals surface area contributed by atoms with Crippen LogP contribution in [0.15, 0.2) is 30.0 Å². The van der Waals surface area contributed by atoms with Gasteiger partial charge in [-0.05, 0) is 56.1 Å². The average molecular weight is 345 g/mol. The number of carbonyl (C=O) groups excluding carboxylic acids is 1. The molecule has 24 heavy (non-hydrogen) atoms. The first-order valence-corrected chi connectivity index (χ1v) is 8.72. The van der Waals surface area contributed by atoms with Crippen molar-refractivity contribution < 1.29 is 9.90 Å². The lowest BCUT2D eigenvalue weighted by atomic mass is 9.99. The third kappa shape index (κ3) is 3.83. The summed E-state index contributed by atoms with van der Waals surface area (Å²) in [7, 11) is 0. The van der Waals surface area contributed by atoms with Gasteiger partial charge in [0.2, 0.25) is 0 Å². The van der Waals surface area contributed by atoms with Crippen molar-refractivity contribution in [3.8, 4) is 0 Å². The van der Waals surface area contributed by atoms with Crippen LogP contribution in [-0.2, 0) is 4.79 Å². The number of aliphatic hydroxyl groups excluding tert-OH is 1. The van der Waals surface area contributed by atoms with E-state index >= 15 is 0 Å². The molecule has 0 saturated carbocycles. The normalized spacial score (nSPS) is 23.8. The number of nitrogens with one attached hydrogen (secondary N) is 1. The molecule has 128 valence electrons. The molecule has 0 spiro atoms. The van der Waals surface area contributed by atoms with Gasteiger partial charge in [-0.15, -0.1) is 0 Å². The average Bonchev–Trinajstić information content (AvgIpc) is 2.85. The molecule has 6 heteroatoms. The summed E-state index contributed by atoms with van der Waals surface area (Å²) >= 11 is 5.34. The summed E-state index contributed by atoms with van der Waals surface area (Å²) in [4.78, 5) is 16.4. The zero-order chi connectivity index (χ0) is 17.1. The maximum Gasteiger partial charge on any atom is 0.277 e. The largest absolute Gasteiger partial charge is 0.396 e. The number of hydrogen-bond donors (Lipinski definition) is 2. The quantitative estimate of drug-likeness (QED) is 0.643. The number of piperidine rings is 1. The Kier molecular flexibility index (Phi) is 5.28. The summed E-state index contributed by atoms with van der Waals surface area (Å²) < 4.78 is 0. The van der Waals surface area contributed by atoms with Gasteiger partial charge in [0.15, 0.2) is 5.11 Å². The van der Waals surface area contributed by atoms with Gasteiger partial charge in [-0.1, -0.05) is 29.8 Å². The fourth-order valence-electron chi connectivity index (χ4n) is 3.16. The lowest BCUT2D eigenvalue weighted by Gasteiger charge is -2.33. The van der Waals surface area contributed by atoms with E-state index in [1.165, 1.54) is 5.56 Å². The van der Waals surface area contributed by atoms with Crippen molar-refractivity contribution >= 4 is 29.3 Å². The third-order valence-corrected chi connectivity index (χ3v) is 4.88. The zero-order valence-electron chi connectivity index (χ0n) is 13.9. The van der Waals surface area contributed by atoms with Gasteiger partial charge >= 0.3 is 0 Å². The van der Waals surface area contributed by atoms with E-state index in [-0.39, 0.29) is 12.5 Å². The van der Waals surface area contributed by atoms with E-state index in [9.17, 15) is 9.90 Å². The highest BCUT2D eigenvalue weighted by Crippen LogP contribution is 2.19. The van der Waals surface area contributed by atoms with Gasteiger partial charge in [-0.25, -0.2) is 0 Å². The minimum atomic E-state index is -0.0910. The van der Waals surface area contributed by atoms with Gasteiger partial charge in [0.25, 0.3) is 5.91 Å². The van der Waals surface area contributed by atoms with Crippen LogP contribution in [0.1, 0.15) is 24.0 Å². The Labute approximate surface area is 147 Å². The number of aryl methyl sites for hydroxylation is 1. The summed E-state index contributed by atoms with van der Waals surface area (Å²) in [6, 6.07) is 8.01. The SMILES string of the molecule is Cc1ccc(/C=C2\NC(=S)N(CN3CCCC(CO)C3)C2=O)cc1. The molecule has 0 radical (unpaired) electrons. The molecule has 0 bridgehead atoms. The molecule has 0 aromatic heterocycles. The highest BCUT2D eigenvalue weighted by atomic mass is 32.1. The van der Waals surface area contributed by atoms with E-state index < -0.39 is 0 Å². The summed E-state index contributed by atoms with van der Waals surface area (Å²) in [5.41, 5.74) is 2.67. The minimum absolute atomic E-state index is 0.0910. The Morgan fingerprint density at radius 1 is 1.38 bits per heavy atom. The molecule has 5 nitrogen and oxygen atoms in total. The van der Waals surface area contributed by atoms with Crippen molar-refractivity contribution in [1.82, 2.24) is 15.1 Å². The fraction of sp³-hybridized carbons (Fsp3) is 0.444. The first-order valence-electron chi connectivity index (χ1n) is 8.31. The molecule has 2 aliphatic rings. The van der Waals surface area contributed by atoms with Crippen LogP contribution in [0.25, 0.3) is 6.08 Å². The lowest BCUT2D eigenvalue weighted by molar-refractivity contribution is -0.124. The maximum atomic E-state index is 12.6. The second kappa shape index (κ2) is 7.42. The van der Waals surface area contributed by atoms with Crippen LogP contribution in [0, 0.1) is 12.8 Å². The molecule has 2 aliphatic heterocycles. The molecular weight excluding hydrogens is 322 g/mol. The molecule has 1 aromatic carbocycles. The number of likely N-dealkylation sites (tertiary alicyclic amines) is 1. The second-order valence-electron chi connectivity index (χ2n) is 6.54. The van der Waals surface area contributed by atoms with E-state index in [4.69, 9.17) is 12.2 Å².